The molecule has 0 aliphatic heterocycles. The Labute approximate surface area is 144 Å². The summed E-state index contributed by atoms with van der Waals surface area (Å²) in [6, 6.07) is 7.65. The number of halogens is 3. The number of rotatable bonds is 2. The molecule has 0 fully saturated rings. The molecular formula is C14H8BrCl2N3S. The van der Waals surface area contributed by atoms with E-state index in [0.29, 0.717) is 27.4 Å². The minimum absolute atomic E-state index is 0.308. The third-order valence-electron chi connectivity index (χ3n) is 2.81. The molecule has 7 heteroatoms. The summed E-state index contributed by atoms with van der Waals surface area (Å²) in [5.74, 6) is 0.435. The lowest BCUT2D eigenvalue weighted by Gasteiger charge is -2.09. The van der Waals surface area contributed by atoms with Gasteiger partial charge in [-0.15, -0.1) is 11.3 Å². The first-order valence-corrected chi connectivity index (χ1v) is 8.39. The average Bonchev–Trinajstić information content (AvgIpc) is 2.87. The lowest BCUT2D eigenvalue weighted by Crippen LogP contribution is -1.95. The van der Waals surface area contributed by atoms with Crippen LogP contribution in [0.1, 0.15) is 5.01 Å². The lowest BCUT2D eigenvalue weighted by molar-refractivity contribution is 1.14. The molecule has 0 aliphatic rings. The van der Waals surface area contributed by atoms with Crippen LogP contribution in [0.15, 0.2) is 34.1 Å². The van der Waals surface area contributed by atoms with E-state index in [-0.39, 0.29) is 0 Å². The van der Waals surface area contributed by atoms with E-state index in [0.717, 1.165) is 15.0 Å². The second-order valence-electron chi connectivity index (χ2n) is 4.24. The molecule has 2 heterocycles. The summed E-state index contributed by atoms with van der Waals surface area (Å²) >= 11 is 17.6. The van der Waals surface area contributed by atoms with Crippen molar-refractivity contribution in [2.45, 2.75) is 6.92 Å². The van der Waals surface area contributed by atoms with Crippen LogP contribution in [0.25, 0.3) is 22.6 Å². The third kappa shape index (κ3) is 2.97. The number of aromatic nitrogens is 3. The van der Waals surface area contributed by atoms with Gasteiger partial charge in [0.05, 0.1) is 10.6 Å². The van der Waals surface area contributed by atoms with Crippen molar-refractivity contribution in [1.29, 1.82) is 0 Å². The van der Waals surface area contributed by atoms with E-state index in [9.17, 15) is 0 Å². The molecule has 0 amide bonds. The standard InChI is InChI=1S/C14H8BrCl2N3S/c1-7-18-10(6-21-7)14-19-12(16)11(13(17)20-14)8-4-2-3-5-9(8)15/h2-6H,1H3. The molecule has 0 radical (unpaired) electrons. The van der Waals surface area contributed by atoms with E-state index in [2.05, 4.69) is 30.9 Å². The molecule has 1 aromatic carbocycles. The van der Waals surface area contributed by atoms with Gasteiger partial charge in [-0.2, -0.15) is 0 Å². The Hall–Kier alpha value is -1.01. The zero-order valence-electron chi connectivity index (χ0n) is 10.8. The van der Waals surface area contributed by atoms with Crippen LogP contribution in [0.2, 0.25) is 10.3 Å². The molecule has 21 heavy (non-hydrogen) atoms. The molecule has 106 valence electrons. The van der Waals surface area contributed by atoms with Gasteiger partial charge in [0.25, 0.3) is 0 Å². The van der Waals surface area contributed by atoms with Crippen molar-refractivity contribution in [3.05, 3.63) is 49.4 Å². The Bertz CT molecular complexity index is 796. The molecule has 3 aromatic rings. The quantitative estimate of drug-likeness (QED) is 0.522. The molecule has 3 rings (SSSR count). The van der Waals surface area contributed by atoms with Crippen molar-refractivity contribution in [2.24, 2.45) is 0 Å². The number of nitrogens with zero attached hydrogens (tertiary/aromatic N) is 3. The lowest BCUT2D eigenvalue weighted by atomic mass is 10.1. The van der Waals surface area contributed by atoms with Gasteiger partial charge in [-0.05, 0) is 13.0 Å². The van der Waals surface area contributed by atoms with Crippen LogP contribution in [0.3, 0.4) is 0 Å². The highest BCUT2D eigenvalue weighted by Gasteiger charge is 2.17. The van der Waals surface area contributed by atoms with Crippen LogP contribution in [-0.4, -0.2) is 15.0 Å². The van der Waals surface area contributed by atoms with E-state index in [1.807, 2.05) is 36.6 Å². The predicted octanol–water partition coefficient (Wildman–Crippen LogP) is 5.64. The first-order valence-electron chi connectivity index (χ1n) is 5.96. The van der Waals surface area contributed by atoms with Crippen LogP contribution in [0.4, 0.5) is 0 Å². The second kappa shape index (κ2) is 6.01. The Kier molecular flexibility index (Phi) is 4.26. The summed E-state index contributed by atoms with van der Waals surface area (Å²) in [6.07, 6.45) is 0. The van der Waals surface area contributed by atoms with Gasteiger partial charge in [-0.1, -0.05) is 57.3 Å². The highest BCUT2D eigenvalue weighted by Crippen LogP contribution is 2.37. The van der Waals surface area contributed by atoms with Crippen molar-refractivity contribution in [3.63, 3.8) is 0 Å². The van der Waals surface area contributed by atoms with Gasteiger partial charge < -0.3 is 0 Å². The van der Waals surface area contributed by atoms with Crippen LogP contribution >= 0.6 is 50.5 Å². The van der Waals surface area contributed by atoms with E-state index in [1.165, 1.54) is 11.3 Å². The summed E-state index contributed by atoms with van der Waals surface area (Å²) < 4.78 is 0.884. The number of thiazole rings is 1. The second-order valence-corrected chi connectivity index (χ2v) is 6.87. The largest absolute Gasteiger partial charge is 0.238 e. The molecular weight excluding hydrogens is 393 g/mol. The van der Waals surface area contributed by atoms with Crippen molar-refractivity contribution < 1.29 is 0 Å². The summed E-state index contributed by atoms with van der Waals surface area (Å²) in [6.45, 7) is 1.92. The van der Waals surface area contributed by atoms with Gasteiger partial charge in [0.15, 0.2) is 5.82 Å². The minimum Gasteiger partial charge on any atom is -0.238 e. The average molecular weight is 401 g/mol. The molecule has 0 N–H and O–H groups in total. The topological polar surface area (TPSA) is 38.7 Å². The van der Waals surface area contributed by atoms with Crippen molar-refractivity contribution >= 4 is 50.5 Å². The van der Waals surface area contributed by atoms with Gasteiger partial charge in [0.2, 0.25) is 0 Å². The van der Waals surface area contributed by atoms with Crippen LogP contribution in [0, 0.1) is 6.92 Å². The van der Waals surface area contributed by atoms with Gasteiger partial charge in [0.1, 0.15) is 16.0 Å². The van der Waals surface area contributed by atoms with E-state index in [4.69, 9.17) is 23.2 Å². The highest BCUT2D eigenvalue weighted by atomic mass is 79.9. The van der Waals surface area contributed by atoms with E-state index >= 15 is 0 Å². The normalized spacial score (nSPS) is 10.9. The number of hydrogen-bond donors (Lipinski definition) is 0. The summed E-state index contributed by atoms with van der Waals surface area (Å²) in [4.78, 5) is 13.0. The summed E-state index contributed by atoms with van der Waals surface area (Å²) in [7, 11) is 0. The molecule has 3 nitrogen and oxygen atoms in total. The number of benzene rings is 1. The maximum atomic E-state index is 6.32. The SMILES string of the molecule is Cc1nc(-c2nc(Cl)c(-c3ccccc3Br)c(Cl)n2)cs1. The minimum atomic E-state index is 0.308. The van der Waals surface area contributed by atoms with E-state index in [1.54, 1.807) is 0 Å². The summed E-state index contributed by atoms with van der Waals surface area (Å²) in [5.41, 5.74) is 2.15. The predicted molar refractivity (Wildman–Crippen MR) is 91.0 cm³/mol. The first kappa shape index (κ1) is 14.9. The van der Waals surface area contributed by atoms with E-state index < -0.39 is 0 Å². The molecule has 0 atom stereocenters. The van der Waals surface area contributed by atoms with Crippen LogP contribution in [-0.2, 0) is 0 Å². The zero-order valence-corrected chi connectivity index (χ0v) is 14.7. The van der Waals surface area contributed by atoms with Gasteiger partial charge in [0, 0.05) is 15.4 Å². The maximum absolute atomic E-state index is 6.32. The van der Waals surface area contributed by atoms with Crippen LogP contribution < -0.4 is 0 Å². The molecule has 0 saturated carbocycles. The molecule has 0 unspecified atom stereocenters. The Morgan fingerprint density at radius 3 is 2.29 bits per heavy atom. The molecule has 0 spiro atoms. The monoisotopic (exact) mass is 399 g/mol. The fraction of sp³-hybridized carbons (Fsp3) is 0.0714. The smallest absolute Gasteiger partial charge is 0.181 e. The van der Waals surface area contributed by atoms with Crippen LogP contribution in [0.5, 0.6) is 0 Å². The fourth-order valence-electron chi connectivity index (χ4n) is 1.87. The molecule has 2 aromatic heterocycles. The van der Waals surface area contributed by atoms with Gasteiger partial charge in [-0.25, -0.2) is 15.0 Å². The van der Waals surface area contributed by atoms with Gasteiger partial charge >= 0.3 is 0 Å². The van der Waals surface area contributed by atoms with Crippen molar-refractivity contribution in [1.82, 2.24) is 15.0 Å². The zero-order chi connectivity index (χ0) is 15.0. The number of hydrogen-bond acceptors (Lipinski definition) is 4. The Morgan fingerprint density at radius 2 is 1.71 bits per heavy atom. The number of aryl methyl sites for hydroxylation is 1. The van der Waals surface area contributed by atoms with Gasteiger partial charge in [-0.3, -0.25) is 0 Å². The Morgan fingerprint density at radius 1 is 1.05 bits per heavy atom. The first-order chi connectivity index (χ1) is 10.1. The third-order valence-corrected chi connectivity index (χ3v) is 4.82. The van der Waals surface area contributed by atoms with Crippen molar-refractivity contribution in [2.75, 3.05) is 0 Å². The molecule has 0 aliphatic carbocycles. The fourth-order valence-corrected chi connectivity index (χ4v) is 3.54. The molecule has 0 saturated heterocycles. The maximum Gasteiger partial charge on any atom is 0.181 e. The highest BCUT2D eigenvalue weighted by molar-refractivity contribution is 9.10. The molecule has 0 bridgehead atoms. The van der Waals surface area contributed by atoms with Crippen molar-refractivity contribution in [3.8, 4) is 22.6 Å². The Balaban J connectivity index is 2.15. The summed E-state index contributed by atoms with van der Waals surface area (Å²) in [5, 5.41) is 3.44.